The van der Waals surface area contributed by atoms with Crippen molar-refractivity contribution >= 4 is 5.78 Å². The Balaban J connectivity index is 3.42. The van der Waals surface area contributed by atoms with Crippen molar-refractivity contribution in [1.29, 1.82) is 0 Å². The minimum Gasteiger partial charge on any atom is -0.374 e. The maximum Gasteiger partial charge on any atom is 0.162 e. The Morgan fingerprint density at radius 1 is 1.70 bits per heavy atom. The standard InChI is InChI=1S/C7H15NO2/c1-6(10-3)7(9)4-5-8-2/h6,8H,4-5H2,1-3H3. The van der Waals surface area contributed by atoms with Gasteiger partial charge in [0.25, 0.3) is 0 Å². The molecule has 0 aromatic carbocycles. The quantitative estimate of drug-likeness (QED) is 0.600. The SMILES string of the molecule is CNCCC(=O)C(C)OC. The molecule has 3 heteroatoms. The van der Waals surface area contributed by atoms with Gasteiger partial charge in [-0.3, -0.25) is 4.79 Å². The Morgan fingerprint density at radius 3 is 2.70 bits per heavy atom. The van der Waals surface area contributed by atoms with E-state index in [-0.39, 0.29) is 11.9 Å². The lowest BCUT2D eigenvalue weighted by atomic mass is 10.2. The third-order valence-corrected chi connectivity index (χ3v) is 1.43. The van der Waals surface area contributed by atoms with Crippen LogP contribution in [0, 0.1) is 0 Å². The third kappa shape index (κ3) is 3.58. The van der Waals surface area contributed by atoms with Crippen molar-refractivity contribution < 1.29 is 9.53 Å². The normalized spacial score (nSPS) is 13.1. The topological polar surface area (TPSA) is 38.3 Å². The molecule has 0 amide bonds. The fourth-order valence-corrected chi connectivity index (χ4v) is 0.583. The van der Waals surface area contributed by atoms with Gasteiger partial charge in [0.05, 0.1) is 0 Å². The Labute approximate surface area is 61.8 Å². The molecular weight excluding hydrogens is 130 g/mol. The highest BCUT2D eigenvalue weighted by Gasteiger charge is 2.09. The van der Waals surface area contributed by atoms with Crippen molar-refractivity contribution in [1.82, 2.24) is 5.32 Å². The van der Waals surface area contributed by atoms with E-state index < -0.39 is 0 Å². The summed E-state index contributed by atoms with van der Waals surface area (Å²) in [6.07, 6.45) is 0.291. The van der Waals surface area contributed by atoms with E-state index in [0.717, 1.165) is 6.54 Å². The molecule has 0 aromatic rings. The molecule has 3 nitrogen and oxygen atoms in total. The molecule has 0 saturated carbocycles. The van der Waals surface area contributed by atoms with Crippen molar-refractivity contribution in [2.75, 3.05) is 20.7 Å². The average molecular weight is 145 g/mol. The summed E-state index contributed by atoms with van der Waals surface area (Å²) in [4.78, 5) is 11.0. The number of rotatable bonds is 5. The number of nitrogens with one attached hydrogen (secondary N) is 1. The Hall–Kier alpha value is -0.410. The number of hydrogen-bond acceptors (Lipinski definition) is 3. The van der Waals surface area contributed by atoms with Gasteiger partial charge in [-0.15, -0.1) is 0 Å². The van der Waals surface area contributed by atoms with E-state index in [0.29, 0.717) is 6.42 Å². The van der Waals surface area contributed by atoms with Gasteiger partial charge in [-0.2, -0.15) is 0 Å². The maximum absolute atomic E-state index is 11.0. The van der Waals surface area contributed by atoms with Crippen LogP contribution in [-0.4, -0.2) is 32.6 Å². The van der Waals surface area contributed by atoms with Crippen molar-refractivity contribution in [3.05, 3.63) is 0 Å². The van der Waals surface area contributed by atoms with Gasteiger partial charge in [-0.05, 0) is 14.0 Å². The largest absolute Gasteiger partial charge is 0.374 e. The van der Waals surface area contributed by atoms with Gasteiger partial charge in [0.2, 0.25) is 0 Å². The third-order valence-electron chi connectivity index (χ3n) is 1.43. The van der Waals surface area contributed by atoms with E-state index in [2.05, 4.69) is 5.32 Å². The number of methoxy groups -OCH3 is 1. The monoisotopic (exact) mass is 145 g/mol. The van der Waals surface area contributed by atoms with E-state index >= 15 is 0 Å². The zero-order chi connectivity index (χ0) is 7.98. The first-order chi connectivity index (χ1) is 4.72. The molecule has 0 aliphatic heterocycles. The highest BCUT2D eigenvalue weighted by molar-refractivity contribution is 5.82. The summed E-state index contributed by atoms with van der Waals surface area (Å²) >= 11 is 0. The Kier molecular flexibility index (Phi) is 5.16. The minimum atomic E-state index is -0.256. The molecule has 0 bridgehead atoms. The van der Waals surface area contributed by atoms with Gasteiger partial charge in [0.15, 0.2) is 5.78 Å². The highest BCUT2D eigenvalue weighted by Crippen LogP contribution is 1.93. The number of hydrogen-bond donors (Lipinski definition) is 1. The lowest BCUT2D eigenvalue weighted by Crippen LogP contribution is -2.23. The first-order valence-corrected chi connectivity index (χ1v) is 3.42. The molecule has 0 rings (SSSR count). The maximum atomic E-state index is 11.0. The molecule has 1 unspecified atom stereocenters. The Morgan fingerprint density at radius 2 is 2.30 bits per heavy atom. The summed E-state index contributed by atoms with van der Waals surface area (Å²) in [5.41, 5.74) is 0. The van der Waals surface area contributed by atoms with Gasteiger partial charge in [0, 0.05) is 20.1 Å². The van der Waals surface area contributed by atoms with Crippen LogP contribution in [-0.2, 0) is 9.53 Å². The van der Waals surface area contributed by atoms with Crippen LogP contribution in [0.3, 0.4) is 0 Å². The van der Waals surface area contributed by atoms with Gasteiger partial charge in [0.1, 0.15) is 6.10 Å². The first kappa shape index (κ1) is 9.59. The van der Waals surface area contributed by atoms with Gasteiger partial charge >= 0.3 is 0 Å². The van der Waals surface area contributed by atoms with Crippen molar-refractivity contribution in [2.45, 2.75) is 19.4 Å². The molecule has 0 spiro atoms. The number of carbonyl (C=O) groups is 1. The second-order valence-corrected chi connectivity index (χ2v) is 2.20. The summed E-state index contributed by atoms with van der Waals surface area (Å²) < 4.78 is 4.83. The summed E-state index contributed by atoms with van der Waals surface area (Å²) in [5.74, 6) is 0.150. The highest BCUT2D eigenvalue weighted by atomic mass is 16.5. The predicted octanol–water partition coefficient (Wildman–Crippen LogP) is 0.200. The minimum absolute atomic E-state index is 0.150. The fraction of sp³-hybridized carbons (Fsp3) is 0.857. The molecular formula is C7H15NO2. The summed E-state index contributed by atoms with van der Waals surface area (Å²) in [6.45, 7) is 2.49. The van der Waals surface area contributed by atoms with Crippen LogP contribution in [0.15, 0.2) is 0 Å². The summed E-state index contributed by atoms with van der Waals surface area (Å²) in [5, 5.41) is 2.90. The van der Waals surface area contributed by atoms with Crippen molar-refractivity contribution in [3.8, 4) is 0 Å². The lowest BCUT2D eigenvalue weighted by molar-refractivity contribution is -0.127. The molecule has 0 saturated heterocycles. The van der Waals surface area contributed by atoms with E-state index in [1.54, 1.807) is 14.0 Å². The number of carbonyl (C=O) groups excluding carboxylic acids is 1. The second-order valence-electron chi connectivity index (χ2n) is 2.20. The predicted molar refractivity (Wildman–Crippen MR) is 40.0 cm³/mol. The van der Waals surface area contributed by atoms with Gasteiger partial charge in [-0.1, -0.05) is 0 Å². The van der Waals surface area contributed by atoms with Crippen LogP contribution in [0.1, 0.15) is 13.3 Å². The summed E-state index contributed by atoms with van der Waals surface area (Å²) in [6, 6.07) is 0. The van der Waals surface area contributed by atoms with Crippen LogP contribution in [0.5, 0.6) is 0 Å². The molecule has 1 N–H and O–H groups in total. The molecule has 1 atom stereocenters. The fourth-order valence-electron chi connectivity index (χ4n) is 0.583. The molecule has 0 heterocycles. The van der Waals surface area contributed by atoms with Gasteiger partial charge in [-0.25, -0.2) is 0 Å². The van der Waals surface area contributed by atoms with E-state index in [1.165, 1.54) is 0 Å². The van der Waals surface area contributed by atoms with E-state index in [1.807, 2.05) is 7.05 Å². The number of Topliss-reactive ketones (excluding diaryl/α,β-unsaturated/α-hetero) is 1. The molecule has 10 heavy (non-hydrogen) atoms. The molecule has 0 fully saturated rings. The first-order valence-electron chi connectivity index (χ1n) is 3.42. The Bertz CT molecular complexity index is 104. The zero-order valence-electron chi connectivity index (χ0n) is 6.81. The van der Waals surface area contributed by atoms with Crippen molar-refractivity contribution in [3.63, 3.8) is 0 Å². The van der Waals surface area contributed by atoms with Crippen LogP contribution >= 0.6 is 0 Å². The molecule has 0 aromatic heterocycles. The van der Waals surface area contributed by atoms with Gasteiger partial charge < -0.3 is 10.1 Å². The smallest absolute Gasteiger partial charge is 0.162 e. The lowest BCUT2D eigenvalue weighted by Gasteiger charge is -2.06. The van der Waals surface area contributed by atoms with Crippen LogP contribution in [0.2, 0.25) is 0 Å². The number of ketones is 1. The van der Waals surface area contributed by atoms with E-state index in [9.17, 15) is 4.79 Å². The molecule has 60 valence electrons. The molecule has 0 aliphatic carbocycles. The van der Waals surface area contributed by atoms with Crippen LogP contribution in [0.4, 0.5) is 0 Å². The zero-order valence-corrected chi connectivity index (χ0v) is 6.81. The average Bonchev–Trinajstić information content (AvgIpc) is 1.98. The van der Waals surface area contributed by atoms with Crippen LogP contribution < -0.4 is 5.32 Å². The molecule has 0 radical (unpaired) electrons. The summed E-state index contributed by atoms with van der Waals surface area (Å²) in [7, 11) is 3.37. The van der Waals surface area contributed by atoms with E-state index in [4.69, 9.17) is 4.74 Å². The van der Waals surface area contributed by atoms with Crippen LogP contribution in [0.25, 0.3) is 0 Å². The number of ether oxygens (including phenoxy) is 1. The second kappa shape index (κ2) is 5.38. The molecule has 0 aliphatic rings. The van der Waals surface area contributed by atoms with Crippen molar-refractivity contribution in [2.24, 2.45) is 0 Å².